The molecule has 2 aromatic rings. The van der Waals surface area contributed by atoms with Gasteiger partial charge in [-0.2, -0.15) is 4.57 Å². The number of halogens is 6. The number of aromatic nitrogens is 1. The first-order valence-electron chi connectivity index (χ1n) is 5.83. The van der Waals surface area contributed by atoms with Gasteiger partial charge in [-0.25, -0.2) is 0 Å². The fourth-order valence-corrected chi connectivity index (χ4v) is 1.66. The number of rotatable bonds is 2. The minimum atomic E-state index is -10.7. The van der Waals surface area contributed by atoms with Gasteiger partial charge in [-0.15, -0.1) is 0 Å². The van der Waals surface area contributed by atoms with Crippen molar-refractivity contribution in [3.63, 3.8) is 0 Å². The van der Waals surface area contributed by atoms with E-state index >= 15 is 0 Å². The van der Waals surface area contributed by atoms with E-state index in [1.54, 1.807) is 7.11 Å². The van der Waals surface area contributed by atoms with Crippen LogP contribution in [0, 0.1) is 0 Å². The van der Waals surface area contributed by atoms with Gasteiger partial charge in [-0.3, -0.25) is 0 Å². The van der Waals surface area contributed by atoms with Crippen molar-refractivity contribution in [2.75, 3.05) is 7.11 Å². The molecule has 0 saturated carbocycles. The van der Waals surface area contributed by atoms with Crippen molar-refractivity contribution < 1.29 is 34.5 Å². The van der Waals surface area contributed by atoms with E-state index in [4.69, 9.17) is 4.74 Å². The van der Waals surface area contributed by atoms with Crippen molar-refractivity contribution in [1.29, 1.82) is 0 Å². The quantitative estimate of drug-likeness (QED) is 0.400. The van der Waals surface area contributed by atoms with Crippen LogP contribution in [0.4, 0.5) is 25.2 Å². The SMILES string of the molecule is CC[n+]1cccc2cc(OC)ccc21.F[P-](F)(F)(F)(F)F. The molecule has 0 unspecified atom stereocenters. The second-order valence-corrected chi connectivity index (χ2v) is 6.09. The van der Waals surface area contributed by atoms with E-state index in [0.29, 0.717) is 0 Å². The molecule has 0 spiro atoms. The van der Waals surface area contributed by atoms with Crippen molar-refractivity contribution in [2.24, 2.45) is 0 Å². The molecule has 0 radical (unpaired) electrons. The van der Waals surface area contributed by atoms with Gasteiger partial charge in [0, 0.05) is 12.1 Å². The summed E-state index contributed by atoms with van der Waals surface area (Å²) in [5.74, 6) is 0.909. The summed E-state index contributed by atoms with van der Waals surface area (Å²) in [5.41, 5.74) is 1.25. The maximum absolute atomic E-state index is 10.7. The van der Waals surface area contributed by atoms with E-state index in [2.05, 4.69) is 42.0 Å². The predicted octanol–water partition coefficient (Wildman–Crippen LogP) is 5.54. The van der Waals surface area contributed by atoms with E-state index < -0.39 is 7.81 Å². The zero-order valence-electron chi connectivity index (χ0n) is 11.2. The molecule has 0 saturated heterocycles. The number of hydrogen-bond acceptors (Lipinski definition) is 1. The third-order valence-corrected chi connectivity index (χ3v) is 2.43. The van der Waals surface area contributed by atoms with Crippen LogP contribution >= 0.6 is 7.81 Å². The van der Waals surface area contributed by atoms with Gasteiger partial charge < -0.3 is 4.74 Å². The Kier molecular flexibility index (Phi) is 4.18. The second kappa shape index (κ2) is 5.02. The zero-order valence-corrected chi connectivity index (χ0v) is 12.1. The van der Waals surface area contributed by atoms with Crippen LogP contribution in [-0.4, -0.2) is 7.11 Å². The standard InChI is InChI=1S/C12H14NO.F6P/c1-3-13-8-4-5-10-9-11(14-2)6-7-12(10)13;1-7(2,3,4,5)6/h4-9H,3H2,1-2H3;/q+1;-1. The number of nitrogens with zero attached hydrogens (tertiary/aromatic N) is 1. The molecule has 0 atom stereocenters. The molecule has 0 aliphatic heterocycles. The summed E-state index contributed by atoms with van der Waals surface area (Å²) in [7, 11) is -8.96. The molecular weight excluding hydrogens is 319 g/mol. The van der Waals surface area contributed by atoms with Crippen LogP contribution in [0.15, 0.2) is 36.5 Å². The Morgan fingerprint density at radius 1 is 1.05 bits per heavy atom. The van der Waals surface area contributed by atoms with Gasteiger partial charge in [0.25, 0.3) is 0 Å². The van der Waals surface area contributed by atoms with Crippen LogP contribution in [0.2, 0.25) is 0 Å². The molecule has 2 nitrogen and oxygen atoms in total. The van der Waals surface area contributed by atoms with Crippen molar-refractivity contribution in [3.05, 3.63) is 36.5 Å². The summed E-state index contributed by atoms with van der Waals surface area (Å²) in [4.78, 5) is 0. The fourth-order valence-electron chi connectivity index (χ4n) is 1.66. The molecule has 21 heavy (non-hydrogen) atoms. The fraction of sp³-hybridized carbons (Fsp3) is 0.250. The van der Waals surface area contributed by atoms with E-state index in [-0.39, 0.29) is 0 Å². The maximum atomic E-state index is 9.87. The van der Waals surface area contributed by atoms with Gasteiger partial charge in [0.15, 0.2) is 6.20 Å². The third-order valence-electron chi connectivity index (χ3n) is 2.43. The topological polar surface area (TPSA) is 13.1 Å². The first-order chi connectivity index (χ1) is 9.30. The molecule has 1 aromatic heterocycles. The van der Waals surface area contributed by atoms with Crippen LogP contribution in [0.3, 0.4) is 0 Å². The Bertz CT molecular complexity index is 629. The Morgan fingerprint density at radius 2 is 1.62 bits per heavy atom. The van der Waals surface area contributed by atoms with Gasteiger partial charge in [-0.1, -0.05) is 0 Å². The summed E-state index contributed by atoms with van der Waals surface area (Å²) in [6.45, 7) is 3.13. The first kappa shape index (κ1) is 17.5. The molecule has 0 bridgehead atoms. The number of hydrogen-bond donors (Lipinski definition) is 0. The summed E-state index contributed by atoms with van der Waals surface area (Å²) in [6, 6.07) is 10.3. The number of benzene rings is 1. The summed E-state index contributed by atoms with van der Waals surface area (Å²) in [5, 5.41) is 1.22. The number of methoxy groups -OCH3 is 1. The number of fused-ring (bicyclic) bond motifs is 1. The average molecular weight is 333 g/mol. The summed E-state index contributed by atoms with van der Waals surface area (Å²) < 4.78 is 66.6. The normalized spacial score (nSPS) is 14.7. The van der Waals surface area contributed by atoms with Gasteiger partial charge in [-0.05, 0) is 25.1 Å². The van der Waals surface area contributed by atoms with E-state index in [9.17, 15) is 25.2 Å². The molecule has 1 heterocycles. The van der Waals surface area contributed by atoms with Crippen LogP contribution < -0.4 is 9.30 Å². The molecule has 9 heteroatoms. The second-order valence-electron chi connectivity index (χ2n) is 4.18. The van der Waals surface area contributed by atoms with Crippen molar-refractivity contribution >= 4 is 18.7 Å². The van der Waals surface area contributed by atoms with Crippen LogP contribution in [0.5, 0.6) is 5.75 Å². The molecule has 0 amide bonds. The van der Waals surface area contributed by atoms with Crippen LogP contribution in [0.25, 0.3) is 10.9 Å². The third kappa shape index (κ3) is 7.70. The van der Waals surface area contributed by atoms with Crippen LogP contribution in [0.1, 0.15) is 6.92 Å². The van der Waals surface area contributed by atoms with Gasteiger partial charge in [0.2, 0.25) is 5.52 Å². The van der Waals surface area contributed by atoms with Crippen molar-refractivity contribution in [1.82, 2.24) is 0 Å². The number of pyridine rings is 1. The Balaban J connectivity index is 0.000000270. The molecule has 0 aliphatic carbocycles. The zero-order chi connectivity index (χ0) is 16.4. The minimum absolute atomic E-state index is 0.909. The van der Waals surface area contributed by atoms with Gasteiger partial charge >= 0.3 is 33.0 Å². The van der Waals surface area contributed by atoms with Gasteiger partial charge in [0.05, 0.1) is 12.5 Å². The summed E-state index contributed by atoms with van der Waals surface area (Å²) in [6.07, 6.45) is 2.09. The molecule has 2 rings (SSSR count). The van der Waals surface area contributed by atoms with E-state index in [1.807, 2.05) is 6.07 Å². The summed E-state index contributed by atoms with van der Waals surface area (Å²) >= 11 is 0. The average Bonchev–Trinajstić information content (AvgIpc) is 2.33. The molecule has 0 aliphatic rings. The Labute approximate surface area is 117 Å². The first-order valence-corrected chi connectivity index (χ1v) is 7.85. The monoisotopic (exact) mass is 333 g/mol. The van der Waals surface area contributed by atoms with Crippen LogP contribution in [-0.2, 0) is 6.54 Å². The molecule has 0 N–H and O–H groups in total. The number of aryl methyl sites for hydroxylation is 1. The van der Waals surface area contributed by atoms with Crippen molar-refractivity contribution in [2.45, 2.75) is 13.5 Å². The Hall–Kier alpha value is -1.56. The van der Waals surface area contributed by atoms with E-state index in [0.717, 1.165) is 12.3 Å². The molecule has 1 aromatic carbocycles. The van der Waals surface area contributed by atoms with E-state index in [1.165, 1.54) is 10.9 Å². The van der Waals surface area contributed by atoms with Gasteiger partial charge in [0.1, 0.15) is 12.3 Å². The van der Waals surface area contributed by atoms with Crippen molar-refractivity contribution in [3.8, 4) is 5.75 Å². The predicted molar refractivity (Wildman–Crippen MR) is 69.9 cm³/mol. The molecular formula is C12H14F6NOP. The Morgan fingerprint density at radius 3 is 2.10 bits per heavy atom. The number of ether oxygens (including phenoxy) is 1. The molecule has 0 fully saturated rings. The molecule has 120 valence electrons.